The Hall–Kier alpha value is -1.42. The zero-order valence-electron chi connectivity index (χ0n) is 12.4. The minimum Gasteiger partial charge on any atom is -0.495 e. The maximum Gasteiger partial charge on any atom is 0.224 e. The van der Waals surface area contributed by atoms with E-state index in [0.29, 0.717) is 18.0 Å². The fraction of sp³-hybridized carbons (Fsp3) is 0.533. The van der Waals surface area contributed by atoms with Crippen molar-refractivity contribution in [3.63, 3.8) is 0 Å². The molecular formula is C15H23ClN2O2. The Kier molecular flexibility index (Phi) is 7.23. The van der Waals surface area contributed by atoms with E-state index in [1.807, 2.05) is 7.05 Å². The van der Waals surface area contributed by atoms with Gasteiger partial charge in [0.1, 0.15) is 5.75 Å². The van der Waals surface area contributed by atoms with Crippen LogP contribution < -0.4 is 10.1 Å². The van der Waals surface area contributed by atoms with Crippen LogP contribution in [-0.2, 0) is 4.79 Å². The van der Waals surface area contributed by atoms with Gasteiger partial charge in [-0.2, -0.15) is 0 Å². The monoisotopic (exact) mass is 298 g/mol. The van der Waals surface area contributed by atoms with Gasteiger partial charge in [0, 0.05) is 31.6 Å². The van der Waals surface area contributed by atoms with Gasteiger partial charge in [-0.15, -0.1) is 0 Å². The third-order valence-corrected chi connectivity index (χ3v) is 3.32. The maximum atomic E-state index is 11.9. The van der Waals surface area contributed by atoms with Gasteiger partial charge in [-0.3, -0.25) is 4.79 Å². The molecule has 0 bridgehead atoms. The lowest BCUT2D eigenvalue weighted by Gasteiger charge is -2.17. The lowest BCUT2D eigenvalue weighted by Crippen LogP contribution is -2.29. The van der Waals surface area contributed by atoms with Crippen LogP contribution in [0.4, 0.5) is 5.69 Å². The van der Waals surface area contributed by atoms with Gasteiger partial charge in [0.2, 0.25) is 5.91 Å². The normalized spacial score (nSPS) is 10.2. The summed E-state index contributed by atoms with van der Waals surface area (Å²) in [7, 11) is 3.45. The van der Waals surface area contributed by atoms with E-state index >= 15 is 0 Å². The summed E-state index contributed by atoms with van der Waals surface area (Å²) in [5.41, 5.74) is 0.809. The Balaban J connectivity index is 2.44. The Morgan fingerprint density at radius 2 is 2.20 bits per heavy atom. The van der Waals surface area contributed by atoms with E-state index in [0.717, 1.165) is 30.8 Å². The number of hydrogen-bond donors (Lipinski definition) is 1. The number of amides is 1. The summed E-state index contributed by atoms with van der Waals surface area (Å²) in [6.07, 6.45) is 2.59. The van der Waals surface area contributed by atoms with Crippen LogP contribution in [0.2, 0.25) is 5.02 Å². The predicted octanol–water partition coefficient (Wildman–Crippen LogP) is 3.41. The number of nitrogens with zero attached hydrogens (tertiary/aromatic N) is 1. The summed E-state index contributed by atoms with van der Waals surface area (Å²) >= 11 is 5.95. The van der Waals surface area contributed by atoms with Crippen molar-refractivity contribution in [3.8, 4) is 5.75 Å². The van der Waals surface area contributed by atoms with E-state index in [9.17, 15) is 4.79 Å². The Morgan fingerprint density at radius 3 is 2.85 bits per heavy atom. The van der Waals surface area contributed by atoms with Crippen LogP contribution >= 0.6 is 11.6 Å². The fourth-order valence-electron chi connectivity index (χ4n) is 1.83. The minimum atomic E-state index is 0.145. The largest absolute Gasteiger partial charge is 0.495 e. The lowest BCUT2D eigenvalue weighted by atomic mass is 10.2. The molecule has 20 heavy (non-hydrogen) atoms. The summed E-state index contributed by atoms with van der Waals surface area (Å²) < 4.78 is 5.24. The summed E-state index contributed by atoms with van der Waals surface area (Å²) in [5.74, 6) is 0.869. The molecule has 0 aliphatic heterocycles. The molecule has 0 saturated carbocycles. The first kappa shape index (κ1) is 16.6. The highest BCUT2D eigenvalue weighted by Crippen LogP contribution is 2.27. The maximum absolute atomic E-state index is 11.9. The van der Waals surface area contributed by atoms with Crippen LogP contribution in [0, 0.1) is 0 Å². The second kappa shape index (κ2) is 8.69. The van der Waals surface area contributed by atoms with Crippen LogP contribution in [0.25, 0.3) is 0 Å². The molecular weight excluding hydrogens is 276 g/mol. The van der Waals surface area contributed by atoms with Gasteiger partial charge < -0.3 is 15.0 Å². The molecule has 0 fully saturated rings. The first-order valence-corrected chi connectivity index (χ1v) is 7.27. The molecule has 0 aromatic heterocycles. The molecule has 0 heterocycles. The van der Waals surface area contributed by atoms with Crippen molar-refractivity contribution in [2.75, 3.05) is 32.6 Å². The zero-order chi connectivity index (χ0) is 15.0. The number of carbonyl (C=O) groups is 1. The fourth-order valence-corrected chi connectivity index (χ4v) is 2.01. The highest BCUT2D eigenvalue weighted by Gasteiger charge is 2.08. The number of halogens is 1. The molecule has 5 heteroatoms. The Bertz CT molecular complexity index is 438. The van der Waals surface area contributed by atoms with Crippen molar-refractivity contribution in [1.29, 1.82) is 0 Å². The molecule has 0 aliphatic rings. The minimum absolute atomic E-state index is 0.145. The van der Waals surface area contributed by atoms with E-state index in [4.69, 9.17) is 16.3 Å². The summed E-state index contributed by atoms with van der Waals surface area (Å²) in [4.78, 5) is 13.7. The van der Waals surface area contributed by atoms with Gasteiger partial charge in [-0.25, -0.2) is 0 Å². The molecule has 1 aromatic carbocycles. The number of hydrogen-bond acceptors (Lipinski definition) is 3. The molecule has 0 saturated heterocycles. The van der Waals surface area contributed by atoms with Crippen LogP contribution in [0.5, 0.6) is 5.75 Å². The van der Waals surface area contributed by atoms with E-state index in [2.05, 4.69) is 12.2 Å². The molecule has 4 nitrogen and oxygen atoms in total. The molecule has 0 atom stereocenters. The lowest BCUT2D eigenvalue weighted by molar-refractivity contribution is -0.129. The molecule has 0 aliphatic carbocycles. The van der Waals surface area contributed by atoms with Gasteiger partial charge in [0.25, 0.3) is 0 Å². The molecule has 1 rings (SSSR count). The Labute approximate surface area is 126 Å². The van der Waals surface area contributed by atoms with Gasteiger partial charge in [0.15, 0.2) is 0 Å². The molecule has 0 spiro atoms. The van der Waals surface area contributed by atoms with Crippen LogP contribution in [0.15, 0.2) is 18.2 Å². The summed E-state index contributed by atoms with van der Waals surface area (Å²) in [5, 5.41) is 3.83. The average Bonchev–Trinajstić information content (AvgIpc) is 2.44. The first-order chi connectivity index (χ1) is 9.58. The van der Waals surface area contributed by atoms with Crippen molar-refractivity contribution in [1.82, 2.24) is 4.90 Å². The third-order valence-electron chi connectivity index (χ3n) is 3.09. The molecule has 0 radical (unpaired) electrons. The van der Waals surface area contributed by atoms with Gasteiger partial charge >= 0.3 is 0 Å². The smallest absolute Gasteiger partial charge is 0.224 e. The predicted molar refractivity (Wildman–Crippen MR) is 83.7 cm³/mol. The summed E-state index contributed by atoms with van der Waals surface area (Å²) in [6.45, 7) is 3.49. The molecule has 1 amide bonds. The standard InChI is InChI=1S/C15H23ClN2O2/c1-4-5-10-18(2)15(19)8-9-17-13-11-12(16)6-7-14(13)20-3/h6-7,11,17H,4-5,8-10H2,1-3H3. The number of ether oxygens (including phenoxy) is 1. The van der Waals surface area contributed by atoms with E-state index < -0.39 is 0 Å². The quantitative estimate of drug-likeness (QED) is 0.799. The molecule has 112 valence electrons. The van der Waals surface area contributed by atoms with Crippen molar-refractivity contribution in [3.05, 3.63) is 23.2 Å². The second-order valence-electron chi connectivity index (χ2n) is 4.69. The van der Waals surface area contributed by atoms with Crippen molar-refractivity contribution >= 4 is 23.2 Å². The number of benzene rings is 1. The number of methoxy groups -OCH3 is 1. The van der Waals surface area contributed by atoms with E-state index in [1.54, 1.807) is 30.2 Å². The molecule has 0 unspecified atom stereocenters. The number of nitrogens with one attached hydrogen (secondary N) is 1. The summed E-state index contributed by atoms with van der Waals surface area (Å²) in [6, 6.07) is 5.38. The highest BCUT2D eigenvalue weighted by atomic mass is 35.5. The average molecular weight is 299 g/mol. The number of unbranched alkanes of at least 4 members (excludes halogenated alkanes) is 1. The van der Waals surface area contributed by atoms with E-state index in [1.165, 1.54) is 0 Å². The Morgan fingerprint density at radius 1 is 1.45 bits per heavy atom. The first-order valence-electron chi connectivity index (χ1n) is 6.89. The zero-order valence-corrected chi connectivity index (χ0v) is 13.2. The molecule has 1 N–H and O–H groups in total. The number of anilines is 1. The number of carbonyl (C=O) groups excluding carboxylic acids is 1. The van der Waals surface area contributed by atoms with Crippen LogP contribution in [-0.4, -0.2) is 38.1 Å². The van der Waals surface area contributed by atoms with Gasteiger partial charge in [0.05, 0.1) is 12.8 Å². The van der Waals surface area contributed by atoms with Crippen molar-refractivity contribution in [2.24, 2.45) is 0 Å². The van der Waals surface area contributed by atoms with E-state index in [-0.39, 0.29) is 5.91 Å². The topological polar surface area (TPSA) is 41.6 Å². The second-order valence-corrected chi connectivity index (χ2v) is 5.13. The number of rotatable bonds is 8. The van der Waals surface area contributed by atoms with Gasteiger partial charge in [-0.05, 0) is 24.6 Å². The highest BCUT2D eigenvalue weighted by molar-refractivity contribution is 6.30. The molecule has 1 aromatic rings. The van der Waals surface area contributed by atoms with Crippen LogP contribution in [0.3, 0.4) is 0 Å². The van der Waals surface area contributed by atoms with Crippen molar-refractivity contribution < 1.29 is 9.53 Å². The van der Waals surface area contributed by atoms with Gasteiger partial charge in [-0.1, -0.05) is 24.9 Å². The SMILES string of the molecule is CCCCN(C)C(=O)CCNc1cc(Cl)ccc1OC. The van der Waals surface area contributed by atoms with Crippen molar-refractivity contribution in [2.45, 2.75) is 26.2 Å². The third kappa shape index (κ3) is 5.29. The van der Waals surface area contributed by atoms with Crippen LogP contribution in [0.1, 0.15) is 26.2 Å².